The van der Waals surface area contributed by atoms with E-state index in [1.54, 1.807) is 22.7 Å². The van der Waals surface area contributed by atoms with Crippen LogP contribution in [-0.2, 0) is 11.8 Å². The Morgan fingerprint density at radius 1 is 1.23 bits per heavy atom. The van der Waals surface area contributed by atoms with Gasteiger partial charge >= 0.3 is 6.09 Å². The fourth-order valence-electron chi connectivity index (χ4n) is 4.00. The van der Waals surface area contributed by atoms with Crippen LogP contribution in [0.2, 0.25) is 0 Å². The largest absolute Gasteiger partial charge is 0.443 e. The van der Waals surface area contributed by atoms with Crippen LogP contribution in [0.3, 0.4) is 0 Å². The molecule has 0 bridgehead atoms. The molecule has 3 heterocycles. The minimum Gasteiger partial charge on any atom is -0.443 e. The molecule has 0 saturated carbocycles. The van der Waals surface area contributed by atoms with E-state index in [2.05, 4.69) is 9.97 Å². The lowest BCUT2D eigenvalue weighted by Crippen LogP contribution is -2.41. The van der Waals surface area contributed by atoms with Crippen molar-refractivity contribution < 1.29 is 9.53 Å². The SMILES string of the molecule is CSc1ncc2cc(C3CCN(C(=O)OC(C)(C)C)c4ccccc43)c(=O)n(C)c2n1. The van der Waals surface area contributed by atoms with Crippen molar-refractivity contribution in [2.75, 3.05) is 17.7 Å². The van der Waals surface area contributed by atoms with Crippen molar-refractivity contribution >= 4 is 34.6 Å². The molecule has 1 aliphatic rings. The minimum absolute atomic E-state index is 0.0798. The number of hydrogen-bond donors (Lipinski definition) is 0. The molecule has 0 spiro atoms. The third-order valence-electron chi connectivity index (χ3n) is 5.37. The topological polar surface area (TPSA) is 77.3 Å². The van der Waals surface area contributed by atoms with Gasteiger partial charge in [-0.05, 0) is 51.1 Å². The number of nitrogens with zero attached hydrogens (tertiary/aromatic N) is 4. The van der Waals surface area contributed by atoms with E-state index >= 15 is 0 Å². The molecule has 31 heavy (non-hydrogen) atoms. The molecule has 2 aromatic heterocycles. The quantitative estimate of drug-likeness (QED) is 0.438. The second-order valence-corrected chi connectivity index (χ2v) is 9.40. The van der Waals surface area contributed by atoms with Gasteiger partial charge in [0.05, 0.1) is 5.69 Å². The first-order chi connectivity index (χ1) is 14.7. The number of pyridine rings is 1. The normalized spacial score (nSPS) is 16.3. The van der Waals surface area contributed by atoms with Gasteiger partial charge in [-0.3, -0.25) is 14.3 Å². The van der Waals surface area contributed by atoms with Gasteiger partial charge in [-0.25, -0.2) is 14.8 Å². The van der Waals surface area contributed by atoms with Crippen molar-refractivity contribution in [3.8, 4) is 0 Å². The lowest BCUT2D eigenvalue weighted by atomic mass is 9.84. The monoisotopic (exact) mass is 438 g/mol. The molecule has 1 aliphatic heterocycles. The van der Waals surface area contributed by atoms with Crippen molar-refractivity contribution in [3.63, 3.8) is 0 Å². The fraction of sp³-hybridized carbons (Fsp3) is 0.391. The first-order valence-electron chi connectivity index (χ1n) is 10.2. The summed E-state index contributed by atoms with van der Waals surface area (Å²) in [4.78, 5) is 36.6. The van der Waals surface area contributed by atoms with Crippen molar-refractivity contribution in [2.45, 2.75) is 43.9 Å². The summed E-state index contributed by atoms with van der Waals surface area (Å²) in [6.45, 7) is 6.03. The average molecular weight is 439 g/mol. The Balaban J connectivity index is 1.79. The summed E-state index contributed by atoms with van der Waals surface area (Å²) in [5.74, 6) is -0.127. The summed E-state index contributed by atoms with van der Waals surface area (Å²) in [6.07, 6.45) is 3.92. The Labute approximate surface area is 185 Å². The van der Waals surface area contributed by atoms with E-state index in [9.17, 15) is 9.59 Å². The summed E-state index contributed by atoms with van der Waals surface area (Å²) in [7, 11) is 1.74. The van der Waals surface area contributed by atoms with Crippen molar-refractivity contribution in [1.82, 2.24) is 14.5 Å². The number of rotatable bonds is 2. The van der Waals surface area contributed by atoms with E-state index in [-0.39, 0.29) is 17.6 Å². The highest BCUT2D eigenvalue weighted by molar-refractivity contribution is 7.98. The molecule has 0 fully saturated rings. The molecule has 0 saturated heterocycles. The fourth-order valence-corrected chi connectivity index (χ4v) is 4.33. The maximum atomic E-state index is 13.3. The van der Waals surface area contributed by atoms with Gasteiger partial charge in [0.1, 0.15) is 11.2 Å². The number of anilines is 1. The molecule has 0 aliphatic carbocycles. The third-order valence-corrected chi connectivity index (χ3v) is 5.93. The van der Waals surface area contributed by atoms with Crippen LogP contribution in [0.25, 0.3) is 11.0 Å². The van der Waals surface area contributed by atoms with Gasteiger partial charge in [0.2, 0.25) is 0 Å². The van der Waals surface area contributed by atoms with E-state index in [1.165, 1.54) is 11.8 Å². The van der Waals surface area contributed by atoms with E-state index in [4.69, 9.17) is 4.74 Å². The summed E-state index contributed by atoms with van der Waals surface area (Å²) in [6, 6.07) is 9.61. The second kappa shape index (κ2) is 8.00. The molecule has 1 amide bonds. The maximum Gasteiger partial charge on any atom is 0.414 e. The summed E-state index contributed by atoms with van der Waals surface area (Å²) in [5, 5.41) is 1.45. The first kappa shape index (κ1) is 21.4. The lowest BCUT2D eigenvalue weighted by Gasteiger charge is -2.35. The first-order valence-corrected chi connectivity index (χ1v) is 11.4. The zero-order valence-electron chi connectivity index (χ0n) is 18.4. The molecule has 7 nitrogen and oxygen atoms in total. The maximum absolute atomic E-state index is 13.3. The number of thioether (sulfide) groups is 1. The zero-order valence-corrected chi connectivity index (χ0v) is 19.2. The Bertz CT molecular complexity index is 1220. The van der Waals surface area contributed by atoms with E-state index in [1.807, 2.05) is 57.4 Å². The molecular weight excluding hydrogens is 412 g/mol. The molecule has 1 aromatic carbocycles. The van der Waals surface area contributed by atoms with Crippen LogP contribution >= 0.6 is 11.8 Å². The number of aryl methyl sites for hydroxylation is 1. The molecule has 4 rings (SSSR count). The van der Waals surface area contributed by atoms with E-state index < -0.39 is 5.60 Å². The minimum atomic E-state index is -0.577. The summed E-state index contributed by atoms with van der Waals surface area (Å²) in [5.41, 5.74) is 2.37. The van der Waals surface area contributed by atoms with Crippen LogP contribution in [0.15, 0.2) is 46.5 Å². The highest BCUT2D eigenvalue weighted by Crippen LogP contribution is 2.39. The molecule has 1 atom stereocenters. The van der Waals surface area contributed by atoms with Crippen LogP contribution in [0.5, 0.6) is 0 Å². The standard InChI is InChI=1S/C23H26N4O3S/c1-23(2,3)30-22(29)27-11-10-15(16-8-6-7-9-18(16)27)17-12-14-13-24-21(31-5)25-19(14)26(4)20(17)28/h6-9,12-13,15H,10-11H2,1-5H3. The van der Waals surface area contributed by atoms with Gasteiger partial charge in [0.25, 0.3) is 5.56 Å². The molecule has 8 heteroatoms. The van der Waals surface area contributed by atoms with Crippen LogP contribution in [0, 0.1) is 0 Å². The summed E-state index contributed by atoms with van der Waals surface area (Å²) < 4.78 is 7.19. The summed E-state index contributed by atoms with van der Waals surface area (Å²) >= 11 is 1.44. The Morgan fingerprint density at radius 3 is 2.68 bits per heavy atom. The van der Waals surface area contributed by atoms with Gasteiger partial charge in [0.15, 0.2) is 5.16 Å². The van der Waals surface area contributed by atoms with Gasteiger partial charge in [-0.2, -0.15) is 0 Å². The van der Waals surface area contributed by atoms with Gasteiger partial charge in [0, 0.05) is 36.7 Å². The Morgan fingerprint density at radius 2 is 1.97 bits per heavy atom. The Kier molecular flexibility index (Phi) is 5.51. The van der Waals surface area contributed by atoms with Crippen LogP contribution < -0.4 is 10.5 Å². The molecule has 0 N–H and O–H groups in total. The molecular formula is C23H26N4O3S. The number of benzene rings is 1. The number of aromatic nitrogens is 3. The van der Waals surface area contributed by atoms with Gasteiger partial charge in [-0.1, -0.05) is 30.0 Å². The molecule has 3 aromatic rings. The van der Waals surface area contributed by atoms with Crippen molar-refractivity contribution in [1.29, 1.82) is 0 Å². The number of fused-ring (bicyclic) bond motifs is 2. The number of carbonyl (C=O) groups excluding carboxylic acids is 1. The predicted octanol–water partition coefficient (Wildman–Crippen LogP) is 4.33. The van der Waals surface area contributed by atoms with Crippen LogP contribution in [0.4, 0.5) is 10.5 Å². The average Bonchev–Trinajstić information content (AvgIpc) is 2.74. The van der Waals surface area contributed by atoms with Gasteiger partial charge < -0.3 is 4.74 Å². The van der Waals surface area contributed by atoms with Crippen molar-refractivity contribution in [3.05, 3.63) is 58.0 Å². The Hall–Kier alpha value is -2.87. The number of amides is 1. The van der Waals surface area contributed by atoms with Gasteiger partial charge in [-0.15, -0.1) is 0 Å². The highest BCUT2D eigenvalue weighted by atomic mass is 32.2. The number of para-hydroxylation sites is 1. The van der Waals surface area contributed by atoms with E-state index in [0.29, 0.717) is 29.3 Å². The second-order valence-electron chi connectivity index (χ2n) is 8.63. The number of hydrogen-bond acceptors (Lipinski definition) is 6. The smallest absolute Gasteiger partial charge is 0.414 e. The molecule has 162 valence electrons. The van der Waals surface area contributed by atoms with Crippen molar-refractivity contribution in [2.24, 2.45) is 7.05 Å². The van der Waals surface area contributed by atoms with E-state index in [0.717, 1.165) is 16.6 Å². The zero-order chi connectivity index (χ0) is 22.3. The lowest BCUT2D eigenvalue weighted by molar-refractivity contribution is 0.0577. The molecule has 1 unspecified atom stereocenters. The highest BCUT2D eigenvalue weighted by Gasteiger charge is 2.33. The number of carbonyl (C=O) groups is 1. The van der Waals surface area contributed by atoms with Crippen LogP contribution in [-0.4, -0.2) is 39.0 Å². The molecule has 0 radical (unpaired) electrons. The van der Waals surface area contributed by atoms with Crippen LogP contribution in [0.1, 0.15) is 44.2 Å². The number of ether oxygens (including phenoxy) is 1. The third kappa shape index (κ3) is 4.04. The predicted molar refractivity (Wildman–Crippen MR) is 123 cm³/mol.